The van der Waals surface area contributed by atoms with Gasteiger partial charge in [-0.25, -0.2) is 13.1 Å². The van der Waals surface area contributed by atoms with Gasteiger partial charge in [-0.15, -0.1) is 0 Å². The number of carbonyl (C=O) groups is 1. The van der Waals surface area contributed by atoms with Crippen molar-refractivity contribution in [1.29, 1.82) is 0 Å². The summed E-state index contributed by atoms with van der Waals surface area (Å²) < 4.78 is 31.4. The number of nitrogens with zero attached hydrogens (tertiary/aromatic N) is 3. The Labute approximate surface area is 193 Å². The largest absolute Gasteiger partial charge is 0.335 e. The SMILES string of the molecule is C=C(C)CN(CC)C(=O)c1ccc(S(=O)(=O)Nc2c(C)n(C)n(-c3ccccc3)c2=O)cc1. The molecule has 0 saturated carbocycles. The second-order valence-electron chi connectivity index (χ2n) is 7.84. The number of rotatable bonds is 8. The predicted molar refractivity (Wildman–Crippen MR) is 129 cm³/mol. The zero-order valence-electron chi connectivity index (χ0n) is 19.2. The Morgan fingerprint density at radius 1 is 1.09 bits per heavy atom. The van der Waals surface area contributed by atoms with Crippen molar-refractivity contribution in [2.75, 3.05) is 17.8 Å². The summed E-state index contributed by atoms with van der Waals surface area (Å²) in [6, 6.07) is 14.6. The quantitative estimate of drug-likeness (QED) is 0.513. The van der Waals surface area contributed by atoms with Gasteiger partial charge in [-0.3, -0.25) is 19.0 Å². The monoisotopic (exact) mass is 468 g/mol. The molecule has 0 saturated heterocycles. The van der Waals surface area contributed by atoms with Gasteiger partial charge in [0.05, 0.1) is 16.3 Å². The van der Waals surface area contributed by atoms with E-state index in [4.69, 9.17) is 0 Å². The van der Waals surface area contributed by atoms with Crippen LogP contribution in [0.3, 0.4) is 0 Å². The molecule has 3 aromatic rings. The van der Waals surface area contributed by atoms with Crippen LogP contribution in [0, 0.1) is 6.92 Å². The lowest BCUT2D eigenvalue weighted by atomic mass is 10.2. The highest BCUT2D eigenvalue weighted by molar-refractivity contribution is 7.92. The maximum atomic E-state index is 13.0. The smallest absolute Gasteiger partial charge is 0.296 e. The Bertz CT molecular complexity index is 1340. The summed E-state index contributed by atoms with van der Waals surface area (Å²) >= 11 is 0. The van der Waals surface area contributed by atoms with Gasteiger partial charge in [-0.2, -0.15) is 0 Å². The standard InChI is InChI=1S/C24H28N4O4S/c1-6-27(16-17(2)3)23(29)19-12-14-21(15-13-19)33(31,32)25-22-18(4)26(5)28(24(22)30)20-10-8-7-9-11-20/h7-15,25H,2,6,16H2,1,3-5H3. The summed E-state index contributed by atoms with van der Waals surface area (Å²) in [7, 11) is -2.36. The number of nitrogens with one attached hydrogen (secondary N) is 1. The fourth-order valence-corrected chi connectivity index (χ4v) is 4.61. The van der Waals surface area contributed by atoms with Gasteiger partial charge in [-0.05, 0) is 57.2 Å². The molecule has 1 N–H and O–H groups in total. The molecule has 0 aliphatic heterocycles. The van der Waals surface area contributed by atoms with Crippen LogP contribution in [0.2, 0.25) is 0 Å². The summed E-state index contributed by atoms with van der Waals surface area (Å²) in [4.78, 5) is 27.3. The van der Waals surface area contributed by atoms with E-state index >= 15 is 0 Å². The lowest BCUT2D eigenvalue weighted by molar-refractivity contribution is 0.0778. The molecule has 0 atom stereocenters. The highest BCUT2D eigenvalue weighted by atomic mass is 32.2. The van der Waals surface area contributed by atoms with E-state index in [0.29, 0.717) is 30.0 Å². The topological polar surface area (TPSA) is 93.4 Å². The molecular weight excluding hydrogens is 440 g/mol. The zero-order chi connectivity index (χ0) is 24.3. The summed E-state index contributed by atoms with van der Waals surface area (Å²) in [5, 5.41) is 0. The second-order valence-corrected chi connectivity index (χ2v) is 9.53. The van der Waals surface area contributed by atoms with Gasteiger partial charge >= 0.3 is 0 Å². The van der Waals surface area contributed by atoms with Crippen molar-refractivity contribution < 1.29 is 13.2 Å². The molecule has 0 aliphatic rings. The first kappa shape index (κ1) is 24.1. The highest BCUT2D eigenvalue weighted by Gasteiger charge is 2.23. The summed E-state index contributed by atoms with van der Waals surface area (Å²) in [5.74, 6) is -0.206. The number of aromatic nitrogens is 2. The first-order valence-corrected chi connectivity index (χ1v) is 12.0. The first-order valence-electron chi connectivity index (χ1n) is 10.5. The number of hydrogen-bond acceptors (Lipinski definition) is 4. The molecule has 1 heterocycles. The zero-order valence-corrected chi connectivity index (χ0v) is 20.0. The molecule has 1 aromatic heterocycles. The fraction of sp³-hybridized carbons (Fsp3) is 0.250. The molecule has 0 aliphatic carbocycles. The van der Waals surface area contributed by atoms with Crippen molar-refractivity contribution >= 4 is 21.6 Å². The van der Waals surface area contributed by atoms with Crippen LogP contribution < -0.4 is 10.3 Å². The van der Waals surface area contributed by atoms with E-state index in [1.165, 1.54) is 28.9 Å². The molecule has 0 radical (unpaired) electrons. The average Bonchev–Trinajstić information content (AvgIpc) is 3.00. The van der Waals surface area contributed by atoms with E-state index in [2.05, 4.69) is 11.3 Å². The van der Waals surface area contributed by atoms with Crippen LogP contribution >= 0.6 is 0 Å². The van der Waals surface area contributed by atoms with Crippen molar-refractivity contribution in [1.82, 2.24) is 14.3 Å². The Morgan fingerprint density at radius 2 is 1.70 bits per heavy atom. The van der Waals surface area contributed by atoms with Gasteiger partial charge in [0.25, 0.3) is 21.5 Å². The van der Waals surface area contributed by atoms with Crippen LogP contribution in [0.5, 0.6) is 0 Å². The number of anilines is 1. The Morgan fingerprint density at radius 3 is 2.24 bits per heavy atom. The molecule has 0 bridgehead atoms. The van der Waals surface area contributed by atoms with E-state index in [9.17, 15) is 18.0 Å². The third kappa shape index (κ3) is 4.93. The molecule has 33 heavy (non-hydrogen) atoms. The maximum Gasteiger partial charge on any atom is 0.296 e. The maximum absolute atomic E-state index is 13.0. The summed E-state index contributed by atoms with van der Waals surface area (Å²) in [6.07, 6.45) is 0. The molecule has 0 unspecified atom stereocenters. The molecule has 0 spiro atoms. The van der Waals surface area contributed by atoms with Gasteiger partial charge in [0, 0.05) is 25.7 Å². The highest BCUT2D eigenvalue weighted by Crippen LogP contribution is 2.20. The van der Waals surface area contributed by atoms with E-state index in [-0.39, 0.29) is 16.5 Å². The number of para-hydroxylation sites is 1. The van der Waals surface area contributed by atoms with Crippen LogP contribution in [-0.4, -0.2) is 41.7 Å². The van der Waals surface area contributed by atoms with E-state index in [1.54, 1.807) is 47.8 Å². The second kappa shape index (κ2) is 9.50. The average molecular weight is 469 g/mol. The number of amides is 1. The predicted octanol–water partition coefficient (Wildman–Crippen LogP) is 3.32. The van der Waals surface area contributed by atoms with Gasteiger partial charge in [-0.1, -0.05) is 30.4 Å². The summed E-state index contributed by atoms with van der Waals surface area (Å²) in [5.41, 5.74) is 1.82. The van der Waals surface area contributed by atoms with Crippen molar-refractivity contribution in [2.45, 2.75) is 25.7 Å². The molecule has 174 valence electrons. The molecule has 3 rings (SSSR count). The van der Waals surface area contributed by atoms with Crippen molar-refractivity contribution in [2.24, 2.45) is 7.05 Å². The van der Waals surface area contributed by atoms with E-state index in [1.807, 2.05) is 19.9 Å². The molecule has 1 amide bonds. The van der Waals surface area contributed by atoms with Gasteiger partial charge in [0.15, 0.2) is 0 Å². The van der Waals surface area contributed by atoms with Crippen LogP contribution in [0.1, 0.15) is 29.9 Å². The number of sulfonamides is 1. The van der Waals surface area contributed by atoms with Crippen LogP contribution in [0.4, 0.5) is 5.69 Å². The molecule has 0 fully saturated rings. The lowest BCUT2D eigenvalue weighted by Gasteiger charge is -2.21. The molecule has 8 nitrogen and oxygen atoms in total. The fourth-order valence-electron chi connectivity index (χ4n) is 3.49. The van der Waals surface area contributed by atoms with E-state index in [0.717, 1.165) is 5.57 Å². The number of benzene rings is 2. The normalized spacial score (nSPS) is 11.3. The van der Waals surface area contributed by atoms with Crippen LogP contribution in [-0.2, 0) is 17.1 Å². The summed E-state index contributed by atoms with van der Waals surface area (Å²) in [6.45, 7) is 10.2. The first-order chi connectivity index (χ1) is 15.6. The van der Waals surface area contributed by atoms with Crippen LogP contribution in [0.15, 0.2) is 76.4 Å². The van der Waals surface area contributed by atoms with Gasteiger partial charge in [0.2, 0.25) is 0 Å². The molecule has 2 aromatic carbocycles. The number of carbonyl (C=O) groups excluding carboxylic acids is 1. The molecule has 9 heteroatoms. The minimum atomic E-state index is -4.05. The van der Waals surface area contributed by atoms with Crippen molar-refractivity contribution in [3.05, 3.63) is 88.4 Å². The van der Waals surface area contributed by atoms with Gasteiger partial charge in [0.1, 0.15) is 5.69 Å². The number of hydrogen-bond donors (Lipinski definition) is 1. The third-order valence-corrected chi connectivity index (χ3v) is 6.70. The minimum Gasteiger partial charge on any atom is -0.335 e. The van der Waals surface area contributed by atoms with E-state index < -0.39 is 15.6 Å². The number of likely N-dealkylation sites (N-methyl/N-ethyl adjacent to an activating group) is 1. The Hall–Kier alpha value is -3.59. The minimum absolute atomic E-state index is 0.0277. The lowest BCUT2D eigenvalue weighted by Crippen LogP contribution is -2.32. The van der Waals surface area contributed by atoms with Crippen molar-refractivity contribution in [3.63, 3.8) is 0 Å². The van der Waals surface area contributed by atoms with Crippen LogP contribution in [0.25, 0.3) is 5.69 Å². The van der Waals surface area contributed by atoms with Crippen molar-refractivity contribution in [3.8, 4) is 5.69 Å². The van der Waals surface area contributed by atoms with Gasteiger partial charge < -0.3 is 4.90 Å². The third-order valence-electron chi connectivity index (χ3n) is 5.33. The Kier molecular flexibility index (Phi) is 6.92. The molecular formula is C24H28N4O4S. The Balaban J connectivity index is 1.90.